The zero-order valence-electron chi connectivity index (χ0n) is 13.8. The first-order valence-corrected chi connectivity index (χ1v) is 9.86. The van der Waals surface area contributed by atoms with Gasteiger partial charge in [0.25, 0.3) is 0 Å². The highest BCUT2D eigenvalue weighted by molar-refractivity contribution is 9.10. The maximum absolute atomic E-state index is 10.4. The van der Waals surface area contributed by atoms with Gasteiger partial charge in [0.15, 0.2) is 0 Å². The van der Waals surface area contributed by atoms with Crippen molar-refractivity contribution in [2.45, 2.75) is 12.5 Å². The second-order valence-electron chi connectivity index (χ2n) is 6.16. The van der Waals surface area contributed by atoms with Crippen LogP contribution in [0.3, 0.4) is 0 Å². The third-order valence-corrected chi connectivity index (χ3v) is 5.48. The molecule has 1 unspecified atom stereocenters. The van der Waals surface area contributed by atoms with Gasteiger partial charge in [-0.25, -0.2) is 0 Å². The fourth-order valence-corrected chi connectivity index (χ4v) is 3.82. The second-order valence-corrected chi connectivity index (χ2v) is 7.99. The van der Waals surface area contributed by atoms with Crippen LogP contribution in [0, 0.1) is 0 Å². The fourth-order valence-electron chi connectivity index (χ4n) is 3.18. The smallest absolute Gasteiger partial charge is 0.121 e. The molecule has 130 valence electrons. The van der Waals surface area contributed by atoms with Gasteiger partial charge in [-0.3, -0.25) is 5.01 Å². The molecule has 1 aliphatic rings. The van der Waals surface area contributed by atoms with Crippen LogP contribution in [0.4, 0.5) is 5.69 Å². The monoisotopic (exact) mass is 470 g/mol. The first-order chi connectivity index (χ1) is 12.6. The number of para-hydroxylation sites is 1. The number of phenols is 1. The van der Waals surface area contributed by atoms with Gasteiger partial charge in [-0.15, -0.1) is 0 Å². The minimum Gasteiger partial charge on any atom is -0.508 e. The number of phenolic OH excluding ortho intramolecular Hbond substituents is 1. The fraction of sp³-hybridized carbons (Fsp3) is 0.0952. The van der Waals surface area contributed by atoms with Crippen LogP contribution in [0.15, 0.2) is 86.8 Å². The van der Waals surface area contributed by atoms with Crippen molar-refractivity contribution >= 4 is 43.3 Å². The van der Waals surface area contributed by atoms with Crippen molar-refractivity contribution in [3.63, 3.8) is 0 Å². The maximum atomic E-state index is 10.4. The molecular weight excluding hydrogens is 456 g/mol. The third kappa shape index (κ3) is 3.41. The average molecular weight is 472 g/mol. The summed E-state index contributed by atoms with van der Waals surface area (Å²) in [6, 6.07) is 23.7. The van der Waals surface area contributed by atoms with E-state index in [4.69, 9.17) is 5.10 Å². The summed E-state index contributed by atoms with van der Waals surface area (Å²) in [5.41, 5.74) is 3.96. The van der Waals surface area contributed by atoms with Crippen LogP contribution in [-0.4, -0.2) is 10.8 Å². The molecule has 0 aliphatic carbocycles. The second kappa shape index (κ2) is 7.25. The number of nitrogens with zero attached hydrogens (tertiary/aromatic N) is 2. The van der Waals surface area contributed by atoms with Crippen LogP contribution in [0.5, 0.6) is 5.75 Å². The zero-order valence-corrected chi connectivity index (χ0v) is 17.0. The Morgan fingerprint density at radius 2 is 1.58 bits per heavy atom. The van der Waals surface area contributed by atoms with E-state index in [0.717, 1.165) is 37.9 Å². The molecule has 0 saturated carbocycles. The number of halogens is 2. The maximum Gasteiger partial charge on any atom is 0.121 e. The molecule has 0 saturated heterocycles. The van der Waals surface area contributed by atoms with Crippen molar-refractivity contribution in [1.82, 2.24) is 0 Å². The minimum atomic E-state index is -0.0615. The number of anilines is 1. The standard InChI is InChI=1S/C21H16Br2N2O/c22-15-8-6-14(7-9-15)19-13-20(18-12-16(23)10-11-21(18)26)25(24-19)17-4-2-1-3-5-17/h1-12,20,26H,13H2. The molecule has 0 fully saturated rings. The van der Waals surface area contributed by atoms with Gasteiger partial charge in [-0.05, 0) is 48.0 Å². The van der Waals surface area contributed by atoms with Crippen molar-refractivity contribution in [3.05, 3.63) is 92.9 Å². The first-order valence-electron chi connectivity index (χ1n) is 8.28. The highest BCUT2D eigenvalue weighted by atomic mass is 79.9. The molecule has 3 nitrogen and oxygen atoms in total. The molecule has 0 amide bonds. The van der Waals surface area contributed by atoms with E-state index < -0.39 is 0 Å². The van der Waals surface area contributed by atoms with Gasteiger partial charge in [-0.2, -0.15) is 5.10 Å². The largest absolute Gasteiger partial charge is 0.508 e. The minimum absolute atomic E-state index is 0.0615. The third-order valence-electron chi connectivity index (χ3n) is 4.46. The molecule has 4 rings (SSSR count). The summed E-state index contributed by atoms with van der Waals surface area (Å²) in [5.74, 6) is 0.284. The molecule has 1 heterocycles. The van der Waals surface area contributed by atoms with E-state index >= 15 is 0 Å². The quantitative estimate of drug-likeness (QED) is 0.488. The Hall–Kier alpha value is -2.11. The molecule has 26 heavy (non-hydrogen) atoms. The normalized spacial score (nSPS) is 16.6. The molecule has 1 N–H and O–H groups in total. The summed E-state index contributed by atoms with van der Waals surface area (Å²) in [7, 11) is 0. The summed E-state index contributed by atoms with van der Waals surface area (Å²) < 4.78 is 1.98. The van der Waals surface area contributed by atoms with Gasteiger partial charge in [0, 0.05) is 20.9 Å². The summed E-state index contributed by atoms with van der Waals surface area (Å²) in [4.78, 5) is 0. The van der Waals surface area contributed by atoms with Crippen molar-refractivity contribution in [3.8, 4) is 5.75 Å². The van der Waals surface area contributed by atoms with Crippen LogP contribution in [0.2, 0.25) is 0 Å². The lowest BCUT2D eigenvalue weighted by molar-refractivity contribution is 0.461. The summed E-state index contributed by atoms with van der Waals surface area (Å²) in [6.07, 6.45) is 0.723. The Kier molecular flexibility index (Phi) is 4.83. The summed E-state index contributed by atoms with van der Waals surface area (Å²) in [6.45, 7) is 0. The zero-order chi connectivity index (χ0) is 18.1. The van der Waals surface area contributed by atoms with Crippen molar-refractivity contribution in [1.29, 1.82) is 0 Å². The highest BCUT2D eigenvalue weighted by Crippen LogP contribution is 2.40. The average Bonchev–Trinajstić information content (AvgIpc) is 3.10. The number of hydrogen-bond acceptors (Lipinski definition) is 3. The molecule has 5 heteroatoms. The Balaban J connectivity index is 1.78. The molecule has 3 aromatic carbocycles. The van der Waals surface area contributed by atoms with Crippen molar-refractivity contribution < 1.29 is 5.11 Å². The van der Waals surface area contributed by atoms with E-state index in [1.54, 1.807) is 6.07 Å². The molecular formula is C21H16Br2N2O. The summed E-state index contributed by atoms with van der Waals surface area (Å²) in [5, 5.41) is 17.3. The number of hydrazone groups is 1. The van der Waals surface area contributed by atoms with E-state index in [9.17, 15) is 5.11 Å². The Morgan fingerprint density at radius 3 is 2.31 bits per heavy atom. The Morgan fingerprint density at radius 1 is 0.885 bits per heavy atom. The van der Waals surface area contributed by atoms with Gasteiger partial charge >= 0.3 is 0 Å². The van der Waals surface area contributed by atoms with Gasteiger partial charge < -0.3 is 5.11 Å². The number of rotatable bonds is 3. The van der Waals surface area contributed by atoms with Gasteiger partial charge in [0.05, 0.1) is 17.4 Å². The highest BCUT2D eigenvalue weighted by Gasteiger charge is 2.31. The molecule has 0 spiro atoms. The van der Waals surface area contributed by atoms with Crippen LogP contribution in [0.1, 0.15) is 23.6 Å². The summed E-state index contributed by atoms with van der Waals surface area (Å²) >= 11 is 7.00. The van der Waals surface area contributed by atoms with E-state index in [1.807, 2.05) is 59.6 Å². The predicted octanol–water partition coefficient (Wildman–Crippen LogP) is 6.27. The van der Waals surface area contributed by atoms with Crippen molar-refractivity contribution in [2.75, 3.05) is 5.01 Å². The van der Waals surface area contributed by atoms with Crippen LogP contribution >= 0.6 is 31.9 Å². The van der Waals surface area contributed by atoms with E-state index in [2.05, 4.69) is 44.0 Å². The molecule has 0 radical (unpaired) electrons. The Bertz CT molecular complexity index is 956. The number of aromatic hydroxyl groups is 1. The topological polar surface area (TPSA) is 35.8 Å². The van der Waals surface area contributed by atoms with Gasteiger partial charge in [0.1, 0.15) is 5.75 Å². The van der Waals surface area contributed by atoms with Gasteiger partial charge in [-0.1, -0.05) is 62.2 Å². The SMILES string of the molecule is Oc1ccc(Br)cc1C1CC(c2ccc(Br)cc2)=NN1c1ccccc1. The van der Waals surface area contributed by atoms with Gasteiger partial charge in [0.2, 0.25) is 0 Å². The first kappa shape index (κ1) is 17.3. The molecule has 1 atom stereocenters. The van der Waals surface area contributed by atoms with Crippen LogP contribution < -0.4 is 5.01 Å². The molecule has 0 bridgehead atoms. The molecule has 1 aliphatic heterocycles. The van der Waals surface area contributed by atoms with Crippen LogP contribution in [0.25, 0.3) is 0 Å². The lowest BCUT2D eigenvalue weighted by atomic mass is 9.97. The number of benzene rings is 3. The van der Waals surface area contributed by atoms with Crippen LogP contribution in [-0.2, 0) is 0 Å². The van der Waals surface area contributed by atoms with E-state index in [0.29, 0.717) is 0 Å². The Labute approximate surface area is 169 Å². The predicted molar refractivity (Wildman–Crippen MR) is 113 cm³/mol. The number of hydrogen-bond donors (Lipinski definition) is 1. The van der Waals surface area contributed by atoms with E-state index in [1.165, 1.54) is 0 Å². The van der Waals surface area contributed by atoms with E-state index in [-0.39, 0.29) is 11.8 Å². The van der Waals surface area contributed by atoms with Crippen molar-refractivity contribution in [2.24, 2.45) is 5.10 Å². The molecule has 0 aromatic heterocycles. The molecule has 3 aromatic rings. The lowest BCUT2D eigenvalue weighted by Gasteiger charge is -2.24. The lowest BCUT2D eigenvalue weighted by Crippen LogP contribution is -2.18.